The second-order valence-electron chi connectivity index (χ2n) is 11.6. The summed E-state index contributed by atoms with van der Waals surface area (Å²) in [6.45, 7) is 4.14. The highest BCUT2D eigenvalue weighted by Crippen LogP contribution is 2.46. The fourth-order valence-electron chi connectivity index (χ4n) is 6.06. The van der Waals surface area contributed by atoms with Gasteiger partial charge in [0.2, 0.25) is 0 Å². The molecule has 41 heavy (non-hydrogen) atoms. The second-order valence-corrected chi connectivity index (χ2v) is 11.6. The quantitative estimate of drug-likeness (QED) is 0.104. The molecular weight excluding hydrogens is 518 g/mol. The molecule has 0 aliphatic heterocycles. The standard InChI is InChI=1S/C33H49N3O5/c1-4-5-6-9-25(38)15-13-23-18-29(32(39)31(20-23)41-26-10-7-8-11-26)27(16-12-22(2)37)28-19-24(21-36-33(34)35)14-17-30(28)40-3/h6,9,14,17-18,20,24,26-28,30,39H,4-5,7-8,10-13,15-16,19,21H2,1-3H3,(H4,34,35,36). The summed E-state index contributed by atoms with van der Waals surface area (Å²) in [4.78, 5) is 28.9. The van der Waals surface area contributed by atoms with E-state index in [1.54, 1.807) is 20.1 Å². The fourth-order valence-corrected chi connectivity index (χ4v) is 6.06. The summed E-state index contributed by atoms with van der Waals surface area (Å²) in [5.41, 5.74) is 12.9. The Morgan fingerprint density at radius 3 is 2.59 bits per heavy atom. The van der Waals surface area contributed by atoms with Crippen molar-refractivity contribution < 1.29 is 24.2 Å². The predicted octanol–water partition coefficient (Wildman–Crippen LogP) is 5.51. The van der Waals surface area contributed by atoms with Crippen LogP contribution in [0.2, 0.25) is 0 Å². The van der Waals surface area contributed by atoms with Gasteiger partial charge in [-0.3, -0.25) is 9.79 Å². The van der Waals surface area contributed by atoms with Crippen LogP contribution in [-0.2, 0) is 20.7 Å². The van der Waals surface area contributed by atoms with Gasteiger partial charge in [0, 0.05) is 32.1 Å². The number of allylic oxidation sites excluding steroid dienone is 2. The molecule has 0 aromatic heterocycles. The first kappa shape index (κ1) is 32.4. The fraction of sp³-hybridized carbons (Fsp3) is 0.606. The van der Waals surface area contributed by atoms with E-state index in [0.29, 0.717) is 38.0 Å². The van der Waals surface area contributed by atoms with Gasteiger partial charge in [-0.2, -0.15) is 0 Å². The van der Waals surface area contributed by atoms with Crippen molar-refractivity contribution >= 4 is 17.5 Å². The number of ether oxygens (including phenoxy) is 2. The van der Waals surface area contributed by atoms with Gasteiger partial charge in [-0.25, -0.2) is 0 Å². The van der Waals surface area contributed by atoms with Gasteiger partial charge in [0.1, 0.15) is 5.78 Å². The van der Waals surface area contributed by atoms with E-state index in [-0.39, 0.29) is 53.2 Å². The highest BCUT2D eigenvalue weighted by Gasteiger charge is 2.36. The van der Waals surface area contributed by atoms with Crippen molar-refractivity contribution in [3.05, 3.63) is 47.6 Å². The third-order valence-electron chi connectivity index (χ3n) is 8.25. The van der Waals surface area contributed by atoms with Crippen LogP contribution in [0.15, 0.2) is 41.4 Å². The molecular formula is C33H49N3O5. The lowest BCUT2D eigenvalue weighted by Crippen LogP contribution is -2.33. The Labute approximate surface area is 245 Å². The molecule has 4 atom stereocenters. The topological polar surface area (TPSA) is 137 Å². The number of ketones is 2. The summed E-state index contributed by atoms with van der Waals surface area (Å²) >= 11 is 0. The number of carbonyl (C=O) groups is 2. The largest absolute Gasteiger partial charge is 0.504 e. The lowest BCUT2D eigenvalue weighted by Gasteiger charge is -2.37. The van der Waals surface area contributed by atoms with Crippen molar-refractivity contribution in [2.45, 2.75) is 103 Å². The van der Waals surface area contributed by atoms with Gasteiger partial charge in [-0.05, 0) is 93.7 Å². The zero-order chi connectivity index (χ0) is 29.8. The first-order chi connectivity index (χ1) is 19.7. The van der Waals surface area contributed by atoms with Crippen molar-refractivity contribution in [3.63, 3.8) is 0 Å². The van der Waals surface area contributed by atoms with Crippen molar-refractivity contribution in [2.75, 3.05) is 13.7 Å². The summed E-state index contributed by atoms with van der Waals surface area (Å²) in [5.74, 6) is 0.700. The van der Waals surface area contributed by atoms with Crippen LogP contribution in [0, 0.1) is 11.8 Å². The Kier molecular flexibility index (Phi) is 12.9. The first-order valence-electron chi connectivity index (χ1n) is 15.2. The number of hydrogen-bond donors (Lipinski definition) is 3. The summed E-state index contributed by atoms with van der Waals surface area (Å²) in [6, 6.07) is 3.89. The van der Waals surface area contributed by atoms with E-state index in [0.717, 1.165) is 56.1 Å². The molecule has 0 heterocycles. The van der Waals surface area contributed by atoms with Crippen molar-refractivity contribution in [1.82, 2.24) is 0 Å². The highest BCUT2D eigenvalue weighted by molar-refractivity contribution is 5.89. The zero-order valence-electron chi connectivity index (χ0n) is 25.0. The average Bonchev–Trinajstić information content (AvgIpc) is 3.46. The number of carbonyl (C=O) groups excluding carboxylic acids is 2. The average molecular weight is 568 g/mol. The van der Waals surface area contributed by atoms with E-state index in [9.17, 15) is 14.7 Å². The number of hydrogen-bond acceptors (Lipinski definition) is 6. The summed E-state index contributed by atoms with van der Waals surface area (Å²) in [7, 11) is 1.68. The molecule has 5 N–H and O–H groups in total. The lowest BCUT2D eigenvalue weighted by atomic mass is 9.71. The van der Waals surface area contributed by atoms with Crippen molar-refractivity contribution in [1.29, 1.82) is 0 Å². The number of unbranched alkanes of at least 4 members (excludes halogenated alkanes) is 1. The Bertz CT molecular complexity index is 1100. The Hall–Kier alpha value is -3.13. The van der Waals surface area contributed by atoms with E-state index in [1.807, 2.05) is 24.3 Å². The number of guanidine groups is 1. The molecule has 1 aromatic rings. The normalized spacial score (nSPS) is 21.7. The number of phenolic OH excluding ortho intramolecular Hbond substituents is 1. The van der Waals surface area contributed by atoms with E-state index in [2.05, 4.69) is 18.0 Å². The van der Waals surface area contributed by atoms with Crippen LogP contribution in [0.4, 0.5) is 0 Å². The maximum Gasteiger partial charge on any atom is 0.185 e. The van der Waals surface area contributed by atoms with Crippen LogP contribution in [0.25, 0.3) is 0 Å². The first-order valence-corrected chi connectivity index (χ1v) is 15.2. The number of Topliss-reactive ketones (excluding diaryl/α,β-unsaturated/α-hetero) is 1. The van der Waals surface area contributed by atoms with E-state index in [1.165, 1.54) is 0 Å². The Morgan fingerprint density at radius 2 is 1.93 bits per heavy atom. The molecule has 0 saturated heterocycles. The third kappa shape index (κ3) is 10.0. The number of aryl methyl sites for hydroxylation is 1. The summed E-state index contributed by atoms with van der Waals surface area (Å²) in [5, 5.41) is 11.7. The van der Waals surface area contributed by atoms with Gasteiger partial charge < -0.3 is 30.8 Å². The van der Waals surface area contributed by atoms with Gasteiger partial charge in [0.05, 0.1) is 12.2 Å². The minimum atomic E-state index is -0.199. The summed E-state index contributed by atoms with van der Waals surface area (Å²) in [6.07, 6.45) is 16.2. The molecule has 1 saturated carbocycles. The zero-order valence-corrected chi connectivity index (χ0v) is 25.0. The van der Waals surface area contributed by atoms with Crippen LogP contribution in [0.1, 0.15) is 95.1 Å². The smallest absolute Gasteiger partial charge is 0.185 e. The number of benzene rings is 1. The molecule has 0 bridgehead atoms. The molecule has 8 heteroatoms. The molecule has 0 spiro atoms. The number of methoxy groups -OCH3 is 1. The molecule has 0 radical (unpaired) electrons. The highest BCUT2D eigenvalue weighted by atomic mass is 16.5. The molecule has 0 amide bonds. The van der Waals surface area contributed by atoms with E-state index < -0.39 is 0 Å². The molecule has 226 valence electrons. The second kappa shape index (κ2) is 16.3. The minimum Gasteiger partial charge on any atom is -0.504 e. The van der Waals surface area contributed by atoms with E-state index >= 15 is 0 Å². The van der Waals surface area contributed by atoms with E-state index in [4.69, 9.17) is 20.9 Å². The number of aromatic hydroxyl groups is 1. The molecule has 4 unspecified atom stereocenters. The molecule has 2 aliphatic carbocycles. The number of nitrogens with two attached hydrogens (primary N) is 2. The number of phenols is 1. The molecule has 2 aliphatic rings. The number of aliphatic imine (C=N–C) groups is 1. The Morgan fingerprint density at radius 1 is 1.17 bits per heavy atom. The van der Waals surface area contributed by atoms with Gasteiger partial charge in [-0.15, -0.1) is 0 Å². The maximum atomic E-state index is 12.5. The van der Waals surface area contributed by atoms with Gasteiger partial charge >= 0.3 is 0 Å². The minimum absolute atomic E-state index is 0.0253. The SMILES string of the molecule is CCCC=CC(=O)CCc1cc(OC2CCCC2)c(O)c(C(CCC(C)=O)C2CC(CN=C(N)N)C=CC2OC)c1. The van der Waals surface area contributed by atoms with Crippen molar-refractivity contribution in [2.24, 2.45) is 28.3 Å². The van der Waals surface area contributed by atoms with Gasteiger partial charge in [0.25, 0.3) is 0 Å². The third-order valence-corrected chi connectivity index (χ3v) is 8.25. The predicted molar refractivity (Wildman–Crippen MR) is 163 cm³/mol. The molecule has 8 nitrogen and oxygen atoms in total. The van der Waals surface area contributed by atoms with Crippen LogP contribution in [0.5, 0.6) is 11.5 Å². The van der Waals surface area contributed by atoms with Gasteiger partial charge in [-0.1, -0.05) is 37.6 Å². The maximum absolute atomic E-state index is 12.5. The number of nitrogens with zero attached hydrogens (tertiary/aromatic N) is 1. The van der Waals surface area contributed by atoms with Crippen LogP contribution >= 0.6 is 0 Å². The monoisotopic (exact) mass is 567 g/mol. The Balaban J connectivity index is 2.00. The summed E-state index contributed by atoms with van der Waals surface area (Å²) < 4.78 is 12.3. The molecule has 3 rings (SSSR count). The number of rotatable bonds is 16. The van der Waals surface area contributed by atoms with Gasteiger partial charge in [0.15, 0.2) is 23.2 Å². The van der Waals surface area contributed by atoms with Crippen LogP contribution < -0.4 is 16.2 Å². The lowest BCUT2D eigenvalue weighted by molar-refractivity contribution is -0.117. The molecule has 1 fully saturated rings. The van der Waals surface area contributed by atoms with Crippen LogP contribution in [0.3, 0.4) is 0 Å². The molecule has 1 aromatic carbocycles. The van der Waals surface area contributed by atoms with Crippen LogP contribution in [-0.4, -0.2) is 48.5 Å². The van der Waals surface area contributed by atoms with Crippen molar-refractivity contribution in [3.8, 4) is 11.5 Å².